The summed E-state index contributed by atoms with van der Waals surface area (Å²) in [6.07, 6.45) is 0. The van der Waals surface area contributed by atoms with Crippen LogP contribution in [0.4, 0.5) is 25.8 Å². The Labute approximate surface area is 112 Å². The number of nitrogen functional groups attached to an aromatic ring is 1. The molecule has 5 heteroatoms. The smallest absolute Gasteiger partial charge is 0.137 e. The molecule has 0 saturated carbocycles. The first-order valence-corrected chi connectivity index (χ1v) is 6.04. The predicted molar refractivity (Wildman–Crippen MR) is 72.9 cm³/mol. The normalized spacial score (nSPS) is 10.4. The zero-order chi connectivity index (χ0) is 13.3. The maximum atomic E-state index is 13.3. The molecule has 0 amide bonds. The second-order valence-corrected chi connectivity index (χ2v) is 4.83. The van der Waals surface area contributed by atoms with Gasteiger partial charge in [0.1, 0.15) is 11.6 Å². The van der Waals surface area contributed by atoms with Crippen molar-refractivity contribution in [2.24, 2.45) is 0 Å². The molecule has 0 saturated heterocycles. The number of benzene rings is 2. The standard InChI is InChI=1S/C13H11BrF2N2/c1-7-2-12(16)11(14)6-13(7)18-10-4-8(15)3-9(17)5-10/h2-6,18H,17H2,1H3. The molecule has 0 aromatic heterocycles. The molecule has 0 bridgehead atoms. The summed E-state index contributed by atoms with van der Waals surface area (Å²) in [6.45, 7) is 1.76. The summed E-state index contributed by atoms with van der Waals surface area (Å²) in [5, 5.41) is 3.01. The first-order chi connectivity index (χ1) is 8.45. The van der Waals surface area contributed by atoms with E-state index >= 15 is 0 Å². The highest BCUT2D eigenvalue weighted by molar-refractivity contribution is 9.10. The molecule has 3 N–H and O–H groups in total. The predicted octanol–water partition coefficient (Wildman–Crippen LogP) is 4.36. The van der Waals surface area contributed by atoms with Gasteiger partial charge in [0.2, 0.25) is 0 Å². The highest BCUT2D eigenvalue weighted by Crippen LogP contribution is 2.28. The summed E-state index contributed by atoms with van der Waals surface area (Å²) in [4.78, 5) is 0. The lowest BCUT2D eigenvalue weighted by Gasteiger charge is -2.11. The van der Waals surface area contributed by atoms with Crippen LogP contribution in [-0.2, 0) is 0 Å². The molecule has 0 aliphatic carbocycles. The second kappa shape index (κ2) is 4.94. The average Bonchev–Trinajstić information content (AvgIpc) is 2.24. The Morgan fingerprint density at radius 3 is 2.50 bits per heavy atom. The SMILES string of the molecule is Cc1cc(F)c(Br)cc1Nc1cc(N)cc(F)c1. The highest BCUT2D eigenvalue weighted by Gasteiger charge is 2.06. The molecular weight excluding hydrogens is 302 g/mol. The van der Waals surface area contributed by atoms with Crippen molar-refractivity contribution in [3.8, 4) is 0 Å². The Morgan fingerprint density at radius 1 is 1.11 bits per heavy atom. The fourth-order valence-corrected chi connectivity index (χ4v) is 1.96. The monoisotopic (exact) mass is 312 g/mol. The van der Waals surface area contributed by atoms with Gasteiger partial charge in [-0.25, -0.2) is 8.78 Å². The van der Waals surface area contributed by atoms with Crippen LogP contribution in [0.25, 0.3) is 0 Å². The summed E-state index contributed by atoms with van der Waals surface area (Å²) in [7, 11) is 0. The summed E-state index contributed by atoms with van der Waals surface area (Å²) in [6, 6.07) is 7.17. The fraction of sp³-hybridized carbons (Fsp3) is 0.0769. The van der Waals surface area contributed by atoms with Gasteiger partial charge in [-0.15, -0.1) is 0 Å². The molecule has 18 heavy (non-hydrogen) atoms. The molecule has 2 rings (SSSR count). The van der Waals surface area contributed by atoms with Crippen molar-refractivity contribution < 1.29 is 8.78 Å². The van der Waals surface area contributed by atoms with Crippen LogP contribution in [-0.4, -0.2) is 0 Å². The van der Waals surface area contributed by atoms with Gasteiger partial charge in [-0.1, -0.05) is 0 Å². The van der Waals surface area contributed by atoms with E-state index in [0.29, 0.717) is 21.5 Å². The van der Waals surface area contributed by atoms with E-state index in [9.17, 15) is 8.78 Å². The van der Waals surface area contributed by atoms with Crippen molar-refractivity contribution in [3.05, 3.63) is 52.0 Å². The number of aryl methyl sites for hydroxylation is 1. The second-order valence-electron chi connectivity index (χ2n) is 3.98. The van der Waals surface area contributed by atoms with Crippen LogP contribution in [0.1, 0.15) is 5.56 Å². The molecule has 0 atom stereocenters. The molecule has 0 heterocycles. The van der Waals surface area contributed by atoms with Crippen LogP contribution in [0.2, 0.25) is 0 Å². The lowest BCUT2D eigenvalue weighted by atomic mass is 10.2. The molecule has 0 radical (unpaired) electrons. The van der Waals surface area contributed by atoms with Gasteiger partial charge in [0.05, 0.1) is 4.47 Å². The first-order valence-electron chi connectivity index (χ1n) is 5.24. The van der Waals surface area contributed by atoms with Gasteiger partial charge in [0.25, 0.3) is 0 Å². The Hall–Kier alpha value is -1.62. The third-order valence-electron chi connectivity index (χ3n) is 2.47. The van der Waals surface area contributed by atoms with Crippen LogP contribution < -0.4 is 11.1 Å². The van der Waals surface area contributed by atoms with Crippen LogP contribution in [0.3, 0.4) is 0 Å². The lowest BCUT2D eigenvalue weighted by molar-refractivity contribution is 0.620. The maximum Gasteiger partial charge on any atom is 0.137 e. The molecule has 0 spiro atoms. The average molecular weight is 313 g/mol. The van der Waals surface area contributed by atoms with E-state index in [0.717, 1.165) is 5.56 Å². The third kappa shape index (κ3) is 2.79. The minimum Gasteiger partial charge on any atom is -0.399 e. The van der Waals surface area contributed by atoms with Crippen LogP contribution in [0, 0.1) is 18.6 Å². The summed E-state index contributed by atoms with van der Waals surface area (Å²) in [5.74, 6) is -0.756. The Bertz CT molecular complexity index is 580. The topological polar surface area (TPSA) is 38.0 Å². The van der Waals surface area contributed by atoms with Crippen molar-refractivity contribution in [1.82, 2.24) is 0 Å². The van der Waals surface area contributed by atoms with Crippen molar-refractivity contribution in [1.29, 1.82) is 0 Å². The Morgan fingerprint density at radius 2 is 1.83 bits per heavy atom. The first kappa shape index (κ1) is 12.8. The zero-order valence-electron chi connectivity index (χ0n) is 9.60. The molecule has 0 fully saturated rings. The lowest BCUT2D eigenvalue weighted by Crippen LogP contribution is -1.97. The quantitative estimate of drug-likeness (QED) is 0.808. The highest BCUT2D eigenvalue weighted by atomic mass is 79.9. The zero-order valence-corrected chi connectivity index (χ0v) is 11.2. The number of rotatable bonds is 2. The molecule has 0 aliphatic heterocycles. The number of nitrogens with two attached hydrogens (primary N) is 1. The largest absolute Gasteiger partial charge is 0.399 e. The van der Waals surface area contributed by atoms with Gasteiger partial charge in [0, 0.05) is 17.1 Å². The van der Waals surface area contributed by atoms with E-state index in [2.05, 4.69) is 21.2 Å². The minimum atomic E-state index is -0.420. The molecule has 94 valence electrons. The van der Waals surface area contributed by atoms with Crippen molar-refractivity contribution in [2.45, 2.75) is 6.92 Å². The van der Waals surface area contributed by atoms with Crippen LogP contribution in [0.15, 0.2) is 34.8 Å². The van der Waals surface area contributed by atoms with Crippen molar-refractivity contribution in [3.63, 3.8) is 0 Å². The Kier molecular flexibility index (Phi) is 3.52. The molecule has 2 aromatic carbocycles. The number of hydrogen-bond acceptors (Lipinski definition) is 2. The van der Waals surface area contributed by atoms with E-state index in [-0.39, 0.29) is 5.82 Å². The van der Waals surface area contributed by atoms with E-state index in [1.54, 1.807) is 19.1 Å². The summed E-state index contributed by atoms with van der Waals surface area (Å²) >= 11 is 3.11. The third-order valence-corrected chi connectivity index (χ3v) is 3.07. The van der Waals surface area contributed by atoms with E-state index < -0.39 is 5.82 Å². The number of halogens is 3. The van der Waals surface area contributed by atoms with Gasteiger partial charge < -0.3 is 11.1 Å². The molecular formula is C13H11BrF2N2. The van der Waals surface area contributed by atoms with E-state index in [1.165, 1.54) is 18.2 Å². The van der Waals surface area contributed by atoms with Crippen LogP contribution >= 0.6 is 15.9 Å². The molecule has 2 aromatic rings. The number of anilines is 3. The van der Waals surface area contributed by atoms with Crippen molar-refractivity contribution >= 4 is 33.0 Å². The van der Waals surface area contributed by atoms with Crippen molar-refractivity contribution in [2.75, 3.05) is 11.1 Å². The van der Waals surface area contributed by atoms with Gasteiger partial charge in [-0.2, -0.15) is 0 Å². The minimum absolute atomic E-state index is 0.330. The molecule has 0 aliphatic rings. The van der Waals surface area contributed by atoms with Gasteiger partial charge in [0.15, 0.2) is 0 Å². The fourth-order valence-electron chi connectivity index (χ4n) is 1.62. The van der Waals surface area contributed by atoms with Gasteiger partial charge in [-0.3, -0.25) is 0 Å². The number of hydrogen-bond donors (Lipinski definition) is 2. The maximum absolute atomic E-state index is 13.3. The number of nitrogens with one attached hydrogen (secondary N) is 1. The molecule has 2 nitrogen and oxygen atoms in total. The summed E-state index contributed by atoms with van der Waals surface area (Å²) < 4.78 is 26.8. The van der Waals surface area contributed by atoms with E-state index in [4.69, 9.17) is 5.73 Å². The van der Waals surface area contributed by atoms with Crippen LogP contribution in [0.5, 0.6) is 0 Å². The Balaban J connectivity index is 2.36. The van der Waals surface area contributed by atoms with Gasteiger partial charge in [-0.05, 0) is 58.7 Å². The van der Waals surface area contributed by atoms with E-state index in [1.807, 2.05) is 0 Å². The summed E-state index contributed by atoms with van der Waals surface area (Å²) in [5.41, 5.74) is 7.82. The van der Waals surface area contributed by atoms with Gasteiger partial charge >= 0.3 is 0 Å². The molecule has 0 unspecified atom stereocenters.